The van der Waals surface area contributed by atoms with Gasteiger partial charge in [-0.05, 0) is 24.6 Å². The molecule has 0 aromatic heterocycles. The number of hydrogen-bond donors (Lipinski definition) is 0. The molecule has 1 unspecified atom stereocenters. The van der Waals surface area contributed by atoms with E-state index in [0.29, 0.717) is 6.42 Å². The minimum Gasteiger partial charge on any atom is -0.405 e. The van der Waals surface area contributed by atoms with E-state index in [4.69, 9.17) is 4.43 Å². The minimum atomic E-state index is -4.25. The summed E-state index contributed by atoms with van der Waals surface area (Å²) < 4.78 is 44.9. The Kier molecular flexibility index (Phi) is 7.82. The van der Waals surface area contributed by atoms with Gasteiger partial charge in [0, 0.05) is 0 Å². The second-order valence-corrected chi connectivity index (χ2v) is 11.9. The van der Waals surface area contributed by atoms with Gasteiger partial charge >= 0.3 is 6.18 Å². The van der Waals surface area contributed by atoms with E-state index in [1.165, 1.54) is 0 Å². The lowest BCUT2D eigenvalue weighted by Gasteiger charge is -2.39. The van der Waals surface area contributed by atoms with Crippen LogP contribution < -0.4 is 0 Å². The zero-order chi connectivity index (χ0) is 16.0. The van der Waals surface area contributed by atoms with Crippen molar-refractivity contribution < 1.29 is 17.6 Å². The Morgan fingerprint density at radius 2 is 1.45 bits per heavy atom. The zero-order valence-corrected chi connectivity index (χ0v) is 14.9. The molecule has 0 rings (SSSR count). The second kappa shape index (κ2) is 7.83. The van der Waals surface area contributed by atoms with Crippen molar-refractivity contribution in [3.8, 4) is 0 Å². The third-order valence-corrected chi connectivity index (χ3v) is 8.66. The lowest BCUT2D eigenvalue weighted by Crippen LogP contribution is -2.48. The fraction of sp³-hybridized carbons (Fsp3) is 1.00. The van der Waals surface area contributed by atoms with Crippen LogP contribution in [0, 0.1) is 0 Å². The Morgan fingerprint density at radius 1 is 0.950 bits per heavy atom. The summed E-state index contributed by atoms with van der Waals surface area (Å²) in [4.78, 5) is 0. The van der Waals surface area contributed by atoms with Crippen LogP contribution in [0.4, 0.5) is 13.2 Å². The van der Waals surface area contributed by atoms with Crippen molar-refractivity contribution in [2.24, 2.45) is 0 Å². The molecular weight excluding hydrogens is 281 g/mol. The van der Waals surface area contributed by atoms with E-state index < -0.39 is 20.6 Å². The molecule has 0 amide bonds. The number of hydrogen-bond acceptors (Lipinski definition) is 1. The molecule has 1 atom stereocenters. The first-order valence-corrected chi connectivity index (χ1v) is 10.6. The fourth-order valence-electron chi connectivity index (χ4n) is 1.76. The van der Waals surface area contributed by atoms with Crippen molar-refractivity contribution in [3.05, 3.63) is 0 Å². The summed E-state index contributed by atoms with van der Waals surface area (Å²) in [5.41, 5.74) is 0. The minimum absolute atomic E-state index is 0.0969. The van der Waals surface area contributed by atoms with Crippen molar-refractivity contribution in [2.75, 3.05) is 0 Å². The number of rotatable bonds is 8. The normalized spacial score (nSPS) is 15.4. The van der Waals surface area contributed by atoms with Gasteiger partial charge in [-0.25, -0.2) is 0 Å². The molecule has 0 aromatic carbocycles. The Morgan fingerprint density at radius 3 is 1.85 bits per heavy atom. The van der Waals surface area contributed by atoms with Gasteiger partial charge in [-0.2, -0.15) is 13.2 Å². The highest BCUT2D eigenvalue weighted by Gasteiger charge is 2.47. The molecule has 0 spiro atoms. The van der Waals surface area contributed by atoms with Gasteiger partial charge in [0.15, 0.2) is 8.32 Å². The van der Waals surface area contributed by atoms with E-state index in [0.717, 1.165) is 25.7 Å². The van der Waals surface area contributed by atoms with Gasteiger partial charge in [-0.15, -0.1) is 0 Å². The van der Waals surface area contributed by atoms with E-state index in [2.05, 4.69) is 6.92 Å². The largest absolute Gasteiger partial charge is 0.413 e. The molecule has 0 bridgehead atoms. The summed E-state index contributed by atoms with van der Waals surface area (Å²) in [6, 6.07) is 0. The van der Waals surface area contributed by atoms with Gasteiger partial charge in [-0.1, -0.05) is 59.8 Å². The molecular formula is C15H31F3OSi. The maximum absolute atomic E-state index is 13.1. The molecule has 0 N–H and O–H groups in total. The van der Waals surface area contributed by atoms with Gasteiger partial charge in [0.05, 0.1) is 0 Å². The first-order valence-electron chi connectivity index (χ1n) is 7.66. The second-order valence-electron chi connectivity index (χ2n) is 7.11. The summed E-state index contributed by atoms with van der Waals surface area (Å²) in [7, 11) is -2.37. The van der Waals surface area contributed by atoms with Gasteiger partial charge in [-0.3, -0.25) is 0 Å². The predicted octanol–water partition coefficient (Wildman–Crippen LogP) is 6.30. The van der Waals surface area contributed by atoms with Crippen LogP contribution in [0.15, 0.2) is 0 Å². The number of unbranched alkanes of at least 4 members (excludes halogenated alkanes) is 4. The fourth-order valence-corrected chi connectivity index (χ4v) is 3.07. The highest BCUT2D eigenvalue weighted by molar-refractivity contribution is 6.74. The van der Waals surface area contributed by atoms with E-state index >= 15 is 0 Å². The third kappa shape index (κ3) is 7.11. The Bertz CT molecular complexity index is 269. The van der Waals surface area contributed by atoms with Gasteiger partial charge in [0.25, 0.3) is 0 Å². The van der Waals surface area contributed by atoms with Crippen LogP contribution >= 0.6 is 0 Å². The van der Waals surface area contributed by atoms with Crippen molar-refractivity contribution in [1.82, 2.24) is 0 Å². The lowest BCUT2D eigenvalue weighted by molar-refractivity contribution is -0.200. The van der Waals surface area contributed by atoms with Crippen LogP contribution in [-0.2, 0) is 4.43 Å². The molecule has 0 heterocycles. The summed E-state index contributed by atoms with van der Waals surface area (Å²) in [5.74, 6) is 0. The Balaban J connectivity index is 4.52. The van der Waals surface area contributed by atoms with Crippen LogP contribution in [-0.4, -0.2) is 20.6 Å². The highest BCUT2D eigenvalue weighted by atomic mass is 28.4. The Hall–Kier alpha value is -0.0331. The maximum Gasteiger partial charge on any atom is 0.413 e. The monoisotopic (exact) mass is 312 g/mol. The quantitative estimate of drug-likeness (QED) is 0.377. The molecule has 5 heteroatoms. The number of halogens is 3. The zero-order valence-electron chi connectivity index (χ0n) is 13.9. The molecule has 0 saturated heterocycles. The SMILES string of the molecule is CCCCCCCC(O[Si](C)(C)C(C)(C)C)C(F)(F)F. The van der Waals surface area contributed by atoms with Crippen molar-refractivity contribution >= 4 is 8.32 Å². The Labute approximate surface area is 123 Å². The first kappa shape index (κ1) is 20.0. The standard InChI is InChI=1S/C15H31F3OSi/c1-7-8-9-10-11-12-13(15(16,17)18)19-20(5,6)14(2,3)4/h13H,7-12H2,1-6H3. The average Bonchev–Trinajstić information content (AvgIpc) is 2.24. The predicted molar refractivity (Wildman–Crippen MR) is 81.5 cm³/mol. The average molecular weight is 312 g/mol. The van der Waals surface area contributed by atoms with Crippen LogP contribution in [0.2, 0.25) is 18.1 Å². The maximum atomic E-state index is 13.1. The summed E-state index contributed by atoms with van der Waals surface area (Å²) in [5, 5.41) is -0.196. The highest BCUT2D eigenvalue weighted by Crippen LogP contribution is 2.40. The van der Waals surface area contributed by atoms with Gasteiger partial charge in [0.2, 0.25) is 0 Å². The van der Waals surface area contributed by atoms with Crippen molar-refractivity contribution in [3.63, 3.8) is 0 Å². The van der Waals surface area contributed by atoms with E-state index in [9.17, 15) is 13.2 Å². The topological polar surface area (TPSA) is 9.23 Å². The molecule has 0 aliphatic carbocycles. The summed E-state index contributed by atoms with van der Waals surface area (Å²) in [6.07, 6.45) is -1.07. The molecule has 0 radical (unpaired) electrons. The molecule has 0 aromatic rings. The smallest absolute Gasteiger partial charge is 0.405 e. The lowest BCUT2D eigenvalue weighted by atomic mass is 10.1. The summed E-state index contributed by atoms with van der Waals surface area (Å²) in [6.45, 7) is 11.8. The molecule has 0 saturated carbocycles. The van der Waals surface area contributed by atoms with Crippen molar-refractivity contribution in [2.45, 2.75) is 96.6 Å². The van der Waals surface area contributed by atoms with Crippen LogP contribution in [0.5, 0.6) is 0 Å². The molecule has 0 fully saturated rings. The van der Waals surface area contributed by atoms with Gasteiger partial charge in [0.1, 0.15) is 6.10 Å². The first-order chi connectivity index (χ1) is 8.92. The molecule has 0 aliphatic heterocycles. The summed E-state index contributed by atoms with van der Waals surface area (Å²) >= 11 is 0. The van der Waals surface area contributed by atoms with Gasteiger partial charge < -0.3 is 4.43 Å². The molecule has 0 aliphatic rings. The van der Waals surface area contributed by atoms with E-state index in [1.54, 1.807) is 0 Å². The number of alkyl halides is 3. The molecule has 20 heavy (non-hydrogen) atoms. The van der Waals surface area contributed by atoms with E-state index in [-0.39, 0.29) is 11.5 Å². The van der Waals surface area contributed by atoms with Crippen molar-refractivity contribution in [1.29, 1.82) is 0 Å². The molecule has 122 valence electrons. The molecule has 1 nitrogen and oxygen atoms in total. The van der Waals surface area contributed by atoms with Crippen LogP contribution in [0.25, 0.3) is 0 Å². The van der Waals surface area contributed by atoms with Crippen LogP contribution in [0.3, 0.4) is 0 Å². The third-order valence-electron chi connectivity index (χ3n) is 4.18. The van der Waals surface area contributed by atoms with Crippen LogP contribution in [0.1, 0.15) is 66.2 Å². The van der Waals surface area contributed by atoms with E-state index in [1.807, 2.05) is 33.9 Å².